The third-order valence-electron chi connectivity index (χ3n) is 3.10. The second-order valence-electron chi connectivity index (χ2n) is 4.77. The van der Waals surface area contributed by atoms with Gasteiger partial charge in [-0.2, -0.15) is 5.10 Å². The molecular formula is C16H11ClN4O2S. The van der Waals surface area contributed by atoms with Crippen molar-refractivity contribution in [2.24, 2.45) is 5.10 Å². The van der Waals surface area contributed by atoms with Crippen LogP contribution in [0.25, 0.3) is 11.3 Å². The van der Waals surface area contributed by atoms with E-state index in [1.807, 2.05) is 29.6 Å². The summed E-state index contributed by atoms with van der Waals surface area (Å²) in [6.45, 7) is 0. The number of nitrogens with zero attached hydrogens (tertiary/aromatic N) is 3. The molecule has 0 spiro atoms. The molecule has 120 valence electrons. The molecule has 0 amide bonds. The first-order valence-electron chi connectivity index (χ1n) is 6.87. The van der Waals surface area contributed by atoms with E-state index < -0.39 is 4.92 Å². The van der Waals surface area contributed by atoms with Crippen LogP contribution in [0.15, 0.2) is 59.0 Å². The highest BCUT2D eigenvalue weighted by atomic mass is 35.5. The van der Waals surface area contributed by atoms with Gasteiger partial charge in [-0.1, -0.05) is 35.9 Å². The van der Waals surface area contributed by atoms with Gasteiger partial charge in [0.2, 0.25) is 5.13 Å². The molecule has 0 bridgehead atoms. The van der Waals surface area contributed by atoms with Crippen LogP contribution in [0.5, 0.6) is 0 Å². The molecule has 0 atom stereocenters. The summed E-state index contributed by atoms with van der Waals surface area (Å²) in [7, 11) is 0. The van der Waals surface area contributed by atoms with E-state index in [-0.39, 0.29) is 5.69 Å². The standard InChI is InChI=1S/C16H11ClN4O2S/c17-13-6-4-12(5-7-13)15-10-24-16(19-15)20-18-9-11-2-1-3-14(8-11)21(22)23/h1-10H,(H,19,20)/b18-9-. The molecule has 0 aliphatic carbocycles. The number of benzene rings is 2. The van der Waals surface area contributed by atoms with Crippen molar-refractivity contribution in [2.45, 2.75) is 0 Å². The van der Waals surface area contributed by atoms with Gasteiger partial charge >= 0.3 is 0 Å². The summed E-state index contributed by atoms with van der Waals surface area (Å²) in [4.78, 5) is 14.7. The van der Waals surface area contributed by atoms with Crippen LogP contribution in [0.3, 0.4) is 0 Å². The third-order valence-corrected chi connectivity index (χ3v) is 4.10. The van der Waals surface area contributed by atoms with Crippen molar-refractivity contribution in [3.05, 3.63) is 74.6 Å². The Bertz CT molecular complexity index is 893. The number of anilines is 1. The molecule has 1 heterocycles. The smallest absolute Gasteiger partial charge is 0.258 e. The number of hydrazone groups is 1. The fourth-order valence-corrected chi connectivity index (χ4v) is 2.75. The molecule has 3 aromatic rings. The summed E-state index contributed by atoms with van der Waals surface area (Å²) in [5, 5.41) is 18.0. The lowest BCUT2D eigenvalue weighted by molar-refractivity contribution is -0.384. The minimum Gasteiger partial charge on any atom is -0.258 e. The van der Waals surface area contributed by atoms with E-state index in [2.05, 4.69) is 15.5 Å². The highest BCUT2D eigenvalue weighted by molar-refractivity contribution is 7.14. The van der Waals surface area contributed by atoms with Crippen molar-refractivity contribution in [2.75, 3.05) is 5.43 Å². The van der Waals surface area contributed by atoms with E-state index in [9.17, 15) is 10.1 Å². The average Bonchev–Trinajstić information content (AvgIpc) is 3.05. The number of halogens is 1. The molecule has 0 aliphatic heterocycles. The Hall–Kier alpha value is -2.77. The predicted octanol–water partition coefficient (Wildman–Crippen LogP) is 4.82. The number of hydrogen-bond donors (Lipinski definition) is 1. The van der Waals surface area contributed by atoms with Crippen molar-refractivity contribution >= 4 is 40.0 Å². The number of aromatic nitrogens is 1. The van der Waals surface area contributed by atoms with Crippen molar-refractivity contribution in [3.63, 3.8) is 0 Å². The van der Waals surface area contributed by atoms with Crippen molar-refractivity contribution in [1.29, 1.82) is 0 Å². The topological polar surface area (TPSA) is 80.4 Å². The number of nitrogens with one attached hydrogen (secondary N) is 1. The fourth-order valence-electron chi connectivity index (χ4n) is 1.96. The van der Waals surface area contributed by atoms with Crippen LogP contribution in [0.2, 0.25) is 5.02 Å². The first kappa shape index (κ1) is 16.1. The molecule has 0 fully saturated rings. The number of nitro groups is 1. The van der Waals surface area contributed by atoms with E-state index >= 15 is 0 Å². The van der Waals surface area contributed by atoms with Gasteiger partial charge in [0.15, 0.2) is 0 Å². The van der Waals surface area contributed by atoms with Gasteiger partial charge in [0.25, 0.3) is 5.69 Å². The van der Waals surface area contributed by atoms with Crippen molar-refractivity contribution < 1.29 is 4.92 Å². The quantitative estimate of drug-likeness (QED) is 0.403. The lowest BCUT2D eigenvalue weighted by Crippen LogP contribution is -1.92. The first-order chi connectivity index (χ1) is 11.6. The molecule has 0 unspecified atom stereocenters. The zero-order valence-electron chi connectivity index (χ0n) is 12.2. The zero-order chi connectivity index (χ0) is 16.9. The SMILES string of the molecule is O=[N+]([O-])c1cccc(/C=N\Nc2nc(-c3ccc(Cl)cc3)cs2)c1. The maximum absolute atomic E-state index is 10.7. The number of rotatable bonds is 5. The zero-order valence-corrected chi connectivity index (χ0v) is 13.8. The van der Waals surface area contributed by atoms with Gasteiger partial charge < -0.3 is 0 Å². The summed E-state index contributed by atoms with van der Waals surface area (Å²) in [6, 6.07) is 13.6. The van der Waals surface area contributed by atoms with Crippen molar-refractivity contribution in [3.8, 4) is 11.3 Å². The maximum atomic E-state index is 10.7. The van der Waals surface area contributed by atoms with Crippen LogP contribution in [-0.2, 0) is 0 Å². The third kappa shape index (κ3) is 3.95. The van der Waals surface area contributed by atoms with E-state index in [0.717, 1.165) is 11.3 Å². The highest BCUT2D eigenvalue weighted by Crippen LogP contribution is 2.25. The van der Waals surface area contributed by atoms with Gasteiger partial charge in [-0.3, -0.25) is 15.5 Å². The molecule has 24 heavy (non-hydrogen) atoms. The van der Waals surface area contributed by atoms with Gasteiger partial charge in [0.1, 0.15) is 0 Å². The van der Waals surface area contributed by atoms with E-state index in [4.69, 9.17) is 11.6 Å². The van der Waals surface area contributed by atoms with Crippen LogP contribution >= 0.6 is 22.9 Å². The second kappa shape index (κ2) is 7.20. The summed E-state index contributed by atoms with van der Waals surface area (Å²) < 4.78 is 0. The molecule has 0 saturated carbocycles. The Morgan fingerprint density at radius 1 is 1.25 bits per heavy atom. The molecule has 1 N–H and O–H groups in total. The number of hydrogen-bond acceptors (Lipinski definition) is 6. The van der Waals surface area contributed by atoms with E-state index in [1.165, 1.54) is 29.7 Å². The van der Waals surface area contributed by atoms with Crippen LogP contribution in [0, 0.1) is 10.1 Å². The Kier molecular flexibility index (Phi) is 4.83. The molecular weight excluding hydrogens is 348 g/mol. The number of non-ortho nitro benzene ring substituents is 1. The van der Waals surface area contributed by atoms with Gasteiger partial charge in [0, 0.05) is 33.7 Å². The van der Waals surface area contributed by atoms with E-state index in [1.54, 1.807) is 12.1 Å². The van der Waals surface area contributed by atoms with Crippen LogP contribution < -0.4 is 5.43 Å². The van der Waals surface area contributed by atoms with Crippen molar-refractivity contribution in [1.82, 2.24) is 4.98 Å². The van der Waals surface area contributed by atoms with Gasteiger partial charge in [0.05, 0.1) is 16.8 Å². The molecule has 8 heteroatoms. The summed E-state index contributed by atoms with van der Waals surface area (Å²) in [6.07, 6.45) is 1.51. The average molecular weight is 359 g/mol. The molecule has 2 aromatic carbocycles. The minimum atomic E-state index is -0.440. The highest BCUT2D eigenvalue weighted by Gasteiger charge is 2.05. The molecule has 6 nitrogen and oxygen atoms in total. The fraction of sp³-hybridized carbons (Fsp3) is 0. The van der Waals surface area contributed by atoms with Gasteiger partial charge in [-0.05, 0) is 12.1 Å². The monoisotopic (exact) mass is 358 g/mol. The van der Waals surface area contributed by atoms with Crippen LogP contribution in [-0.4, -0.2) is 16.1 Å². The Labute approximate surface area is 146 Å². The van der Waals surface area contributed by atoms with E-state index in [0.29, 0.717) is 15.7 Å². The molecule has 0 aliphatic rings. The number of thiazole rings is 1. The predicted molar refractivity (Wildman–Crippen MR) is 96.9 cm³/mol. The lowest BCUT2D eigenvalue weighted by atomic mass is 10.2. The Morgan fingerprint density at radius 2 is 2.04 bits per heavy atom. The summed E-state index contributed by atoms with van der Waals surface area (Å²) >= 11 is 7.28. The summed E-state index contributed by atoms with van der Waals surface area (Å²) in [5.74, 6) is 0. The number of nitro benzene ring substituents is 1. The lowest BCUT2D eigenvalue weighted by Gasteiger charge is -1.97. The molecule has 0 radical (unpaired) electrons. The van der Waals surface area contributed by atoms with Crippen LogP contribution in [0.4, 0.5) is 10.8 Å². The molecule has 3 rings (SSSR count). The minimum absolute atomic E-state index is 0.0261. The molecule has 1 aromatic heterocycles. The first-order valence-corrected chi connectivity index (χ1v) is 8.12. The Morgan fingerprint density at radius 3 is 2.79 bits per heavy atom. The van der Waals surface area contributed by atoms with Crippen LogP contribution in [0.1, 0.15) is 5.56 Å². The summed E-state index contributed by atoms with van der Waals surface area (Å²) in [5.41, 5.74) is 5.27. The van der Waals surface area contributed by atoms with Gasteiger partial charge in [-0.25, -0.2) is 4.98 Å². The molecule has 0 saturated heterocycles. The van der Waals surface area contributed by atoms with Gasteiger partial charge in [-0.15, -0.1) is 11.3 Å². The maximum Gasteiger partial charge on any atom is 0.270 e. The normalized spacial score (nSPS) is 10.9. The second-order valence-corrected chi connectivity index (χ2v) is 6.06. The Balaban J connectivity index is 1.68. The largest absolute Gasteiger partial charge is 0.270 e.